The first-order valence-corrected chi connectivity index (χ1v) is 8.94. The van der Waals surface area contributed by atoms with Gasteiger partial charge in [0.15, 0.2) is 0 Å². The van der Waals surface area contributed by atoms with Gasteiger partial charge in [0.05, 0.1) is 17.6 Å². The molecule has 0 radical (unpaired) electrons. The SMILES string of the molecule is N[C@@H]1CCCN(c2nc3ccccc3n2Cc2ccc(C(F)F)cc2)C1. The fraction of sp³-hybridized carbons (Fsp3) is 0.350. The number of para-hydroxylation sites is 2. The zero-order valence-corrected chi connectivity index (χ0v) is 14.5. The number of anilines is 1. The van der Waals surface area contributed by atoms with E-state index in [1.54, 1.807) is 12.1 Å². The molecule has 0 aliphatic carbocycles. The van der Waals surface area contributed by atoms with Gasteiger partial charge in [-0.25, -0.2) is 13.8 Å². The van der Waals surface area contributed by atoms with Gasteiger partial charge in [-0.3, -0.25) is 0 Å². The minimum Gasteiger partial charge on any atom is -0.341 e. The van der Waals surface area contributed by atoms with Crippen LogP contribution in [0.4, 0.5) is 14.7 Å². The molecule has 0 bridgehead atoms. The number of hydrogen-bond donors (Lipinski definition) is 1. The molecule has 0 unspecified atom stereocenters. The van der Waals surface area contributed by atoms with E-state index in [4.69, 9.17) is 10.7 Å². The fourth-order valence-corrected chi connectivity index (χ4v) is 3.60. The zero-order chi connectivity index (χ0) is 18.1. The van der Waals surface area contributed by atoms with Gasteiger partial charge in [0, 0.05) is 24.7 Å². The molecule has 1 saturated heterocycles. The number of benzene rings is 2. The molecule has 1 fully saturated rings. The van der Waals surface area contributed by atoms with Gasteiger partial charge in [-0.2, -0.15) is 0 Å². The number of halogens is 2. The molecule has 0 amide bonds. The van der Waals surface area contributed by atoms with Crippen molar-refractivity contribution in [3.05, 3.63) is 59.7 Å². The monoisotopic (exact) mass is 356 g/mol. The van der Waals surface area contributed by atoms with E-state index in [2.05, 4.69) is 9.47 Å². The quantitative estimate of drug-likeness (QED) is 0.770. The van der Waals surface area contributed by atoms with Crippen LogP contribution >= 0.6 is 0 Å². The smallest absolute Gasteiger partial charge is 0.263 e. The highest BCUT2D eigenvalue weighted by Crippen LogP contribution is 2.27. The maximum Gasteiger partial charge on any atom is 0.263 e. The van der Waals surface area contributed by atoms with Gasteiger partial charge in [0.25, 0.3) is 6.43 Å². The van der Waals surface area contributed by atoms with E-state index in [1.807, 2.05) is 24.3 Å². The molecule has 0 saturated carbocycles. The van der Waals surface area contributed by atoms with Gasteiger partial charge in [-0.05, 0) is 30.5 Å². The molecule has 1 aromatic heterocycles. The van der Waals surface area contributed by atoms with Crippen LogP contribution in [0.15, 0.2) is 48.5 Å². The topological polar surface area (TPSA) is 47.1 Å². The maximum absolute atomic E-state index is 12.8. The number of fused-ring (bicyclic) bond motifs is 1. The average Bonchev–Trinajstić information content (AvgIpc) is 3.01. The molecular weight excluding hydrogens is 334 g/mol. The van der Waals surface area contributed by atoms with Crippen molar-refractivity contribution in [2.45, 2.75) is 31.9 Å². The van der Waals surface area contributed by atoms with Gasteiger partial charge < -0.3 is 15.2 Å². The van der Waals surface area contributed by atoms with Crippen molar-refractivity contribution in [3.63, 3.8) is 0 Å². The van der Waals surface area contributed by atoms with Crippen molar-refractivity contribution in [1.82, 2.24) is 9.55 Å². The number of aromatic nitrogens is 2. The lowest BCUT2D eigenvalue weighted by molar-refractivity contribution is 0.151. The van der Waals surface area contributed by atoms with Crippen LogP contribution < -0.4 is 10.6 Å². The van der Waals surface area contributed by atoms with Crippen LogP contribution in [0.25, 0.3) is 11.0 Å². The molecule has 2 N–H and O–H groups in total. The molecule has 2 aromatic carbocycles. The van der Waals surface area contributed by atoms with E-state index in [0.29, 0.717) is 6.54 Å². The lowest BCUT2D eigenvalue weighted by Crippen LogP contribution is -2.44. The molecule has 0 spiro atoms. The van der Waals surface area contributed by atoms with Gasteiger partial charge in [0.1, 0.15) is 0 Å². The Balaban J connectivity index is 1.71. The number of piperidine rings is 1. The first-order valence-electron chi connectivity index (χ1n) is 8.94. The first kappa shape index (κ1) is 17.0. The summed E-state index contributed by atoms with van der Waals surface area (Å²) in [5.74, 6) is 0.902. The summed E-state index contributed by atoms with van der Waals surface area (Å²) in [7, 11) is 0. The van der Waals surface area contributed by atoms with Crippen molar-refractivity contribution in [3.8, 4) is 0 Å². The summed E-state index contributed by atoms with van der Waals surface area (Å²) >= 11 is 0. The van der Waals surface area contributed by atoms with E-state index in [9.17, 15) is 8.78 Å². The standard InChI is InChI=1S/C20H22F2N4/c21-19(22)15-9-7-14(8-10-15)12-26-18-6-2-1-5-17(18)24-20(26)25-11-3-4-16(23)13-25/h1-2,5-10,16,19H,3-4,11-13,23H2/t16-/m1/s1. The van der Waals surface area contributed by atoms with E-state index in [0.717, 1.165) is 48.5 Å². The Morgan fingerprint density at radius 3 is 2.62 bits per heavy atom. The van der Waals surface area contributed by atoms with Crippen LogP contribution in [0, 0.1) is 0 Å². The number of hydrogen-bond acceptors (Lipinski definition) is 3. The molecule has 2 heterocycles. The van der Waals surface area contributed by atoms with Crippen LogP contribution in [0.5, 0.6) is 0 Å². The summed E-state index contributed by atoms with van der Waals surface area (Å²) in [4.78, 5) is 7.06. The second-order valence-corrected chi connectivity index (χ2v) is 6.88. The van der Waals surface area contributed by atoms with Crippen molar-refractivity contribution < 1.29 is 8.78 Å². The average molecular weight is 356 g/mol. The molecule has 4 nitrogen and oxygen atoms in total. The minimum atomic E-state index is -2.44. The Hall–Kier alpha value is -2.47. The van der Waals surface area contributed by atoms with Crippen LogP contribution in [-0.4, -0.2) is 28.7 Å². The highest BCUT2D eigenvalue weighted by Gasteiger charge is 2.22. The Kier molecular flexibility index (Phi) is 4.59. The third-order valence-corrected chi connectivity index (χ3v) is 4.95. The lowest BCUT2D eigenvalue weighted by atomic mass is 10.1. The molecule has 136 valence electrons. The van der Waals surface area contributed by atoms with Crippen LogP contribution in [0.3, 0.4) is 0 Å². The lowest BCUT2D eigenvalue weighted by Gasteiger charge is -2.32. The minimum absolute atomic E-state index is 0.0477. The fourth-order valence-electron chi connectivity index (χ4n) is 3.60. The van der Waals surface area contributed by atoms with E-state index < -0.39 is 6.43 Å². The molecule has 3 aromatic rings. The van der Waals surface area contributed by atoms with E-state index in [1.165, 1.54) is 12.1 Å². The van der Waals surface area contributed by atoms with E-state index in [-0.39, 0.29) is 11.6 Å². The number of alkyl halides is 2. The number of rotatable bonds is 4. The summed E-state index contributed by atoms with van der Waals surface area (Å²) in [6, 6.07) is 14.7. The summed E-state index contributed by atoms with van der Waals surface area (Å²) < 4.78 is 27.7. The second-order valence-electron chi connectivity index (χ2n) is 6.88. The predicted octanol–water partition coefficient (Wildman–Crippen LogP) is 3.95. The molecule has 1 aliphatic rings. The van der Waals surface area contributed by atoms with Gasteiger partial charge >= 0.3 is 0 Å². The Morgan fingerprint density at radius 1 is 1.12 bits per heavy atom. The van der Waals surface area contributed by atoms with Gasteiger partial charge in [0.2, 0.25) is 5.95 Å². The highest BCUT2D eigenvalue weighted by molar-refractivity contribution is 5.79. The highest BCUT2D eigenvalue weighted by atomic mass is 19.3. The van der Waals surface area contributed by atoms with Gasteiger partial charge in [-0.15, -0.1) is 0 Å². The molecule has 4 rings (SSSR count). The zero-order valence-electron chi connectivity index (χ0n) is 14.5. The predicted molar refractivity (Wildman–Crippen MR) is 99.7 cm³/mol. The summed E-state index contributed by atoms with van der Waals surface area (Å²) in [6.07, 6.45) is -0.359. The maximum atomic E-state index is 12.8. The summed E-state index contributed by atoms with van der Waals surface area (Å²) in [5.41, 5.74) is 9.15. The normalized spacial score (nSPS) is 18.0. The molecule has 6 heteroatoms. The summed E-state index contributed by atoms with van der Waals surface area (Å²) in [6.45, 7) is 2.31. The van der Waals surface area contributed by atoms with Gasteiger partial charge in [-0.1, -0.05) is 36.4 Å². The van der Waals surface area contributed by atoms with Crippen LogP contribution in [0.1, 0.15) is 30.4 Å². The van der Waals surface area contributed by atoms with E-state index >= 15 is 0 Å². The molecule has 1 atom stereocenters. The van der Waals surface area contributed by atoms with Crippen molar-refractivity contribution in [1.29, 1.82) is 0 Å². The Labute approximate surface area is 151 Å². The molecular formula is C20H22F2N4. The third kappa shape index (κ3) is 3.29. The molecule has 26 heavy (non-hydrogen) atoms. The van der Waals surface area contributed by atoms with Crippen molar-refractivity contribution in [2.24, 2.45) is 5.73 Å². The van der Waals surface area contributed by atoms with Crippen LogP contribution in [-0.2, 0) is 6.54 Å². The number of imidazole rings is 1. The van der Waals surface area contributed by atoms with Crippen molar-refractivity contribution in [2.75, 3.05) is 18.0 Å². The number of nitrogens with zero attached hydrogens (tertiary/aromatic N) is 3. The Morgan fingerprint density at radius 2 is 1.88 bits per heavy atom. The number of nitrogens with two attached hydrogens (primary N) is 1. The first-order chi connectivity index (χ1) is 12.6. The Bertz CT molecular complexity index is 888. The molecule has 1 aliphatic heterocycles. The second kappa shape index (κ2) is 7.03. The van der Waals surface area contributed by atoms with Crippen molar-refractivity contribution >= 4 is 17.0 Å². The summed E-state index contributed by atoms with van der Waals surface area (Å²) in [5, 5.41) is 0. The third-order valence-electron chi connectivity index (χ3n) is 4.95. The van der Waals surface area contributed by atoms with Crippen LogP contribution in [0.2, 0.25) is 0 Å². The largest absolute Gasteiger partial charge is 0.341 e.